The Hall–Kier alpha value is -0.160. The highest BCUT2D eigenvalue weighted by Crippen LogP contribution is 2.19. The van der Waals surface area contributed by atoms with E-state index in [2.05, 4.69) is 17.1 Å². The van der Waals surface area contributed by atoms with Crippen LogP contribution in [0, 0.1) is 0 Å². The summed E-state index contributed by atoms with van der Waals surface area (Å²) in [6.07, 6.45) is 3.91. The third-order valence-electron chi connectivity index (χ3n) is 3.95. The van der Waals surface area contributed by atoms with Crippen molar-refractivity contribution in [3.8, 4) is 0 Å². The molecule has 2 aliphatic heterocycles. The van der Waals surface area contributed by atoms with Crippen molar-refractivity contribution in [3.05, 3.63) is 0 Å². The molecule has 2 fully saturated rings. The van der Waals surface area contributed by atoms with E-state index in [0.717, 1.165) is 13.0 Å². The van der Waals surface area contributed by atoms with E-state index in [4.69, 9.17) is 0 Å². The number of piperidine rings is 1. The number of hydrogen-bond acceptors (Lipinski definition) is 4. The zero-order valence-electron chi connectivity index (χ0n) is 10.1. The molecule has 2 heterocycles. The molecule has 4 heteroatoms. The van der Waals surface area contributed by atoms with E-state index in [1.54, 1.807) is 0 Å². The first-order valence-electron chi connectivity index (χ1n) is 6.50. The highest BCUT2D eigenvalue weighted by Gasteiger charge is 2.32. The molecular formula is C12H24N2O2. The normalized spacial score (nSPS) is 38.8. The minimum Gasteiger partial charge on any atom is -0.389 e. The molecule has 4 nitrogen and oxygen atoms in total. The molecule has 2 saturated heterocycles. The molecule has 0 spiro atoms. The first-order valence-corrected chi connectivity index (χ1v) is 6.50. The highest BCUT2D eigenvalue weighted by atomic mass is 16.3. The second-order valence-corrected chi connectivity index (χ2v) is 5.32. The van der Waals surface area contributed by atoms with Gasteiger partial charge in [0.15, 0.2) is 0 Å². The Bertz CT molecular complexity index is 209. The number of aliphatic hydroxyl groups excluding tert-OH is 2. The van der Waals surface area contributed by atoms with Crippen LogP contribution >= 0.6 is 0 Å². The molecule has 4 atom stereocenters. The van der Waals surface area contributed by atoms with Crippen molar-refractivity contribution in [2.75, 3.05) is 19.6 Å². The van der Waals surface area contributed by atoms with Gasteiger partial charge in [0.05, 0.1) is 12.2 Å². The number of rotatable bonds is 3. The zero-order chi connectivity index (χ0) is 11.5. The molecule has 4 unspecified atom stereocenters. The van der Waals surface area contributed by atoms with Gasteiger partial charge in [-0.05, 0) is 32.7 Å². The van der Waals surface area contributed by atoms with Crippen molar-refractivity contribution in [1.29, 1.82) is 0 Å². The summed E-state index contributed by atoms with van der Waals surface area (Å²) in [5.41, 5.74) is 0. The minimum absolute atomic E-state index is 0.447. The smallest absolute Gasteiger partial charge is 0.0938 e. The predicted octanol–water partition coefficient (Wildman–Crippen LogP) is -0.0555. The molecule has 16 heavy (non-hydrogen) atoms. The van der Waals surface area contributed by atoms with Gasteiger partial charge in [-0.25, -0.2) is 0 Å². The third kappa shape index (κ3) is 2.94. The van der Waals surface area contributed by atoms with Gasteiger partial charge in [-0.2, -0.15) is 0 Å². The Kier molecular flexibility index (Phi) is 4.19. The van der Waals surface area contributed by atoms with E-state index >= 15 is 0 Å². The minimum atomic E-state index is -0.554. The Balaban J connectivity index is 1.76. The van der Waals surface area contributed by atoms with Crippen molar-refractivity contribution in [2.45, 2.75) is 56.9 Å². The monoisotopic (exact) mass is 228 g/mol. The summed E-state index contributed by atoms with van der Waals surface area (Å²) in [6, 6.07) is 1.07. The van der Waals surface area contributed by atoms with Crippen molar-refractivity contribution in [3.63, 3.8) is 0 Å². The average Bonchev–Trinajstić information content (AvgIpc) is 2.61. The maximum absolute atomic E-state index is 9.52. The summed E-state index contributed by atoms with van der Waals surface area (Å²) in [6.45, 7) is 4.58. The number of nitrogens with zero attached hydrogens (tertiary/aromatic N) is 1. The van der Waals surface area contributed by atoms with Gasteiger partial charge < -0.3 is 15.5 Å². The largest absolute Gasteiger partial charge is 0.389 e. The number of likely N-dealkylation sites (tertiary alicyclic amines) is 1. The van der Waals surface area contributed by atoms with Crippen LogP contribution in [-0.2, 0) is 0 Å². The lowest BCUT2D eigenvalue weighted by molar-refractivity contribution is 0.0572. The molecule has 0 aromatic carbocycles. The summed E-state index contributed by atoms with van der Waals surface area (Å²) in [5, 5.41) is 22.6. The van der Waals surface area contributed by atoms with Gasteiger partial charge >= 0.3 is 0 Å². The van der Waals surface area contributed by atoms with Crippen LogP contribution in [0.3, 0.4) is 0 Å². The number of hydrogen-bond donors (Lipinski definition) is 3. The lowest BCUT2D eigenvalue weighted by atomic mass is 9.98. The van der Waals surface area contributed by atoms with Gasteiger partial charge in [0.2, 0.25) is 0 Å². The predicted molar refractivity (Wildman–Crippen MR) is 63.3 cm³/mol. The Morgan fingerprint density at radius 2 is 1.94 bits per heavy atom. The molecular weight excluding hydrogens is 204 g/mol. The van der Waals surface area contributed by atoms with Crippen molar-refractivity contribution >= 4 is 0 Å². The van der Waals surface area contributed by atoms with Gasteiger partial charge in [0, 0.05) is 25.2 Å². The summed E-state index contributed by atoms with van der Waals surface area (Å²) in [5.74, 6) is 0. The van der Waals surface area contributed by atoms with Crippen molar-refractivity contribution in [2.24, 2.45) is 0 Å². The lowest BCUT2D eigenvalue weighted by Gasteiger charge is -2.30. The fraction of sp³-hybridized carbons (Fsp3) is 1.00. The van der Waals surface area contributed by atoms with E-state index in [0.29, 0.717) is 25.2 Å². The molecule has 0 aliphatic carbocycles. The average molecular weight is 228 g/mol. The fourth-order valence-corrected chi connectivity index (χ4v) is 2.84. The maximum atomic E-state index is 9.52. The van der Waals surface area contributed by atoms with Crippen LogP contribution in [0.2, 0.25) is 0 Å². The molecule has 2 rings (SSSR count). The van der Waals surface area contributed by atoms with Crippen molar-refractivity contribution < 1.29 is 10.2 Å². The lowest BCUT2D eigenvalue weighted by Crippen LogP contribution is -2.41. The van der Waals surface area contributed by atoms with E-state index in [1.807, 2.05) is 0 Å². The van der Waals surface area contributed by atoms with Crippen LogP contribution in [0.4, 0.5) is 0 Å². The summed E-state index contributed by atoms with van der Waals surface area (Å²) in [7, 11) is 0. The fourth-order valence-electron chi connectivity index (χ4n) is 2.84. The topological polar surface area (TPSA) is 55.7 Å². The first-order chi connectivity index (χ1) is 7.66. The van der Waals surface area contributed by atoms with Gasteiger partial charge in [0.1, 0.15) is 0 Å². The zero-order valence-corrected chi connectivity index (χ0v) is 10.1. The van der Waals surface area contributed by atoms with Crippen LogP contribution in [-0.4, -0.2) is 59.0 Å². The molecule has 0 radical (unpaired) electrons. The first kappa shape index (κ1) is 12.3. The van der Waals surface area contributed by atoms with Crippen LogP contribution in [0.1, 0.15) is 32.6 Å². The highest BCUT2D eigenvalue weighted by molar-refractivity contribution is 4.88. The number of β-amino-alcohol motifs (C(OH)–C–C–N with tert-alkyl or cyclic N) is 2. The third-order valence-corrected chi connectivity index (χ3v) is 3.95. The van der Waals surface area contributed by atoms with E-state index in [-0.39, 0.29) is 0 Å². The van der Waals surface area contributed by atoms with Crippen molar-refractivity contribution in [1.82, 2.24) is 10.2 Å². The summed E-state index contributed by atoms with van der Waals surface area (Å²) >= 11 is 0. The molecule has 3 N–H and O–H groups in total. The van der Waals surface area contributed by atoms with Gasteiger partial charge in [-0.15, -0.1) is 0 Å². The number of nitrogens with one attached hydrogen (secondary N) is 1. The Labute approximate surface area is 97.6 Å². The van der Waals surface area contributed by atoms with E-state index < -0.39 is 12.2 Å². The second-order valence-electron chi connectivity index (χ2n) is 5.32. The van der Waals surface area contributed by atoms with Crippen LogP contribution in [0.5, 0.6) is 0 Å². The van der Waals surface area contributed by atoms with Crippen LogP contribution < -0.4 is 5.32 Å². The molecule has 0 bridgehead atoms. The van der Waals surface area contributed by atoms with Gasteiger partial charge in [0.25, 0.3) is 0 Å². The SMILES string of the molecule is CC(CC1CCCCN1)N1CC(O)C(O)C1. The Morgan fingerprint density at radius 1 is 1.25 bits per heavy atom. The molecule has 94 valence electrons. The van der Waals surface area contributed by atoms with Gasteiger partial charge in [-0.1, -0.05) is 6.42 Å². The quantitative estimate of drug-likeness (QED) is 0.634. The van der Waals surface area contributed by atoms with Crippen LogP contribution in [0.15, 0.2) is 0 Å². The van der Waals surface area contributed by atoms with E-state index in [1.165, 1.54) is 19.3 Å². The summed E-state index contributed by atoms with van der Waals surface area (Å²) < 4.78 is 0. The standard InChI is InChI=1S/C12H24N2O2/c1-9(6-10-4-2-3-5-13-10)14-7-11(15)12(16)8-14/h9-13,15-16H,2-8H2,1H3. The number of aliphatic hydroxyl groups is 2. The maximum Gasteiger partial charge on any atom is 0.0938 e. The summed E-state index contributed by atoms with van der Waals surface area (Å²) in [4.78, 5) is 2.20. The van der Waals surface area contributed by atoms with Crippen LogP contribution in [0.25, 0.3) is 0 Å². The molecule has 0 aromatic heterocycles. The molecule has 0 aromatic rings. The molecule has 2 aliphatic rings. The van der Waals surface area contributed by atoms with E-state index in [9.17, 15) is 10.2 Å². The Morgan fingerprint density at radius 3 is 2.50 bits per heavy atom. The molecule has 0 saturated carbocycles. The second kappa shape index (κ2) is 5.45. The molecule has 0 amide bonds. The van der Waals surface area contributed by atoms with Gasteiger partial charge in [-0.3, -0.25) is 4.90 Å².